The second-order valence-corrected chi connectivity index (χ2v) is 3.66. The molecule has 0 fully saturated rings. The van der Waals surface area contributed by atoms with Crippen LogP contribution in [0.5, 0.6) is 0 Å². The lowest BCUT2D eigenvalue weighted by Gasteiger charge is -2.07. The monoisotopic (exact) mass is 240 g/mol. The van der Waals surface area contributed by atoms with Crippen LogP contribution >= 0.6 is 11.6 Å². The molecule has 0 aliphatic heterocycles. The van der Waals surface area contributed by atoms with Crippen LogP contribution in [0.2, 0.25) is 5.02 Å². The van der Waals surface area contributed by atoms with Crippen LogP contribution in [0.3, 0.4) is 0 Å². The first-order chi connectivity index (χ1) is 7.69. The van der Waals surface area contributed by atoms with Gasteiger partial charge in [-0.05, 0) is 37.1 Å². The van der Waals surface area contributed by atoms with Crippen LogP contribution < -0.4 is 0 Å². The topological polar surface area (TPSA) is 43.4 Å². The summed E-state index contributed by atoms with van der Waals surface area (Å²) in [6, 6.07) is 4.95. The fourth-order valence-electron chi connectivity index (χ4n) is 1.39. The first-order valence-electron chi connectivity index (χ1n) is 5.08. The van der Waals surface area contributed by atoms with E-state index in [9.17, 15) is 9.59 Å². The van der Waals surface area contributed by atoms with E-state index < -0.39 is 0 Å². The molecular formula is C12H13ClO3. The Kier molecular flexibility index (Phi) is 4.99. The van der Waals surface area contributed by atoms with Crippen molar-refractivity contribution in [2.75, 3.05) is 6.61 Å². The number of rotatable bonds is 5. The second-order valence-electron chi connectivity index (χ2n) is 3.23. The molecule has 0 unspecified atom stereocenters. The molecule has 0 aliphatic carbocycles. The molecule has 0 atom stereocenters. The Morgan fingerprint density at radius 3 is 2.88 bits per heavy atom. The van der Waals surface area contributed by atoms with E-state index in [0.29, 0.717) is 30.0 Å². The molecule has 0 heterocycles. The molecule has 0 radical (unpaired) electrons. The molecule has 0 saturated carbocycles. The van der Waals surface area contributed by atoms with Gasteiger partial charge in [-0.3, -0.25) is 0 Å². The van der Waals surface area contributed by atoms with E-state index in [4.69, 9.17) is 16.3 Å². The molecule has 0 N–H and O–H groups in total. The number of carbonyl (C=O) groups is 2. The fourth-order valence-corrected chi connectivity index (χ4v) is 1.59. The molecule has 1 aromatic carbocycles. The molecule has 0 spiro atoms. The molecule has 1 rings (SSSR count). The Hall–Kier alpha value is -1.35. The van der Waals surface area contributed by atoms with Gasteiger partial charge in [0.15, 0.2) is 0 Å². The molecule has 4 heteroatoms. The maximum atomic E-state index is 11.6. The van der Waals surface area contributed by atoms with Crippen molar-refractivity contribution in [3.63, 3.8) is 0 Å². The minimum atomic E-state index is -0.375. The summed E-state index contributed by atoms with van der Waals surface area (Å²) in [4.78, 5) is 21.9. The molecule has 16 heavy (non-hydrogen) atoms. The van der Waals surface area contributed by atoms with Crippen LogP contribution in [0.4, 0.5) is 0 Å². The summed E-state index contributed by atoms with van der Waals surface area (Å²) in [7, 11) is 0. The number of esters is 1. The van der Waals surface area contributed by atoms with Crippen molar-refractivity contribution in [3.8, 4) is 0 Å². The maximum Gasteiger partial charge on any atom is 0.338 e. The van der Waals surface area contributed by atoms with Crippen LogP contribution in [-0.4, -0.2) is 18.9 Å². The fraction of sp³-hybridized carbons (Fsp3) is 0.333. The van der Waals surface area contributed by atoms with Gasteiger partial charge in [-0.1, -0.05) is 11.6 Å². The Morgan fingerprint density at radius 1 is 1.50 bits per heavy atom. The second kappa shape index (κ2) is 6.28. The molecule has 0 saturated heterocycles. The normalized spacial score (nSPS) is 9.88. The third kappa shape index (κ3) is 3.35. The summed E-state index contributed by atoms with van der Waals surface area (Å²) in [5, 5.41) is 0.550. The van der Waals surface area contributed by atoms with Gasteiger partial charge < -0.3 is 9.53 Å². The highest BCUT2D eigenvalue weighted by atomic mass is 35.5. The van der Waals surface area contributed by atoms with Gasteiger partial charge in [0.2, 0.25) is 0 Å². The van der Waals surface area contributed by atoms with Crippen molar-refractivity contribution in [2.24, 2.45) is 0 Å². The van der Waals surface area contributed by atoms with E-state index in [2.05, 4.69) is 0 Å². The minimum Gasteiger partial charge on any atom is -0.462 e. The van der Waals surface area contributed by atoms with E-state index in [1.807, 2.05) is 0 Å². The van der Waals surface area contributed by atoms with Gasteiger partial charge >= 0.3 is 5.97 Å². The summed E-state index contributed by atoms with van der Waals surface area (Å²) in [6.45, 7) is 2.08. The summed E-state index contributed by atoms with van der Waals surface area (Å²) in [5.41, 5.74) is 1.23. The number of aldehydes is 1. The number of carbonyl (C=O) groups excluding carboxylic acids is 2. The van der Waals surface area contributed by atoms with Gasteiger partial charge in [-0.2, -0.15) is 0 Å². The lowest BCUT2D eigenvalue weighted by atomic mass is 10.0. The average Bonchev–Trinajstić information content (AvgIpc) is 2.26. The SMILES string of the molecule is CCOC(=O)c1ccc(Cl)cc1CCC=O. The Morgan fingerprint density at radius 2 is 2.25 bits per heavy atom. The van der Waals surface area contributed by atoms with Crippen molar-refractivity contribution < 1.29 is 14.3 Å². The van der Waals surface area contributed by atoms with Crippen molar-refractivity contribution >= 4 is 23.9 Å². The standard InChI is InChI=1S/C12H13ClO3/c1-2-16-12(15)11-6-5-10(13)8-9(11)4-3-7-14/h5-8H,2-4H2,1H3. The summed E-state index contributed by atoms with van der Waals surface area (Å²) in [5.74, 6) is -0.375. The first kappa shape index (κ1) is 12.7. The number of aryl methyl sites for hydroxylation is 1. The van der Waals surface area contributed by atoms with E-state index >= 15 is 0 Å². The highest BCUT2D eigenvalue weighted by Gasteiger charge is 2.12. The van der Waals surface area contributed by atoms with E-state index in [0.717, 1.165) is 11.8 Å². The highest BCUT2D eigenvalue weighted by Crippen LogP contribution is 2.18. The van der Waals surface area contributed by atoms with Gasteiger partial charge in [-0.25, -0.2) is 4.79 Å². The smallest absolute Gasteiger partial charge is 0.338 e. The van der Waals surface area contributed by atoms with Gasteiger partial charge in [0.05, 0.1) is 12.2 Å². The van der Waals surface area contributed by atoms with E-state index in [1.165, 1.54) is 0 Å². The van der Waals surface area contributed by atoms with Crippen molar-refractivity contribution in [1.29, 1.82) is 0 Å². The van der Waals surface area contributed by atoms with E-state index in [1.54, 1.807) is 25.1 Å². The summed E-state index contributed by atoms with van der Waals surface area (Å²) >= 11 is 5.84. The molecule has 0 aliphatic rings. The average molecular weight is 241 g/mol. The van der Waals surface area contributed by atoms with Crippen LogP contribution in [0.1, 0.15) is 29.3 Å². The highest BCUT2D eigenvalue weighted by molar-refractivity contribution is 6.30. The molecule has 1 aromatic rings. The number of benzene rings is 1. The Balaban J connectivity index is 2.96. The summed E-state index contributed by atoms with van der Waals surface area (Å²) < 4.78 is 4.92. The lowest BCUT2D eigenvalue weighted by molar-refractivity contribution is -0.107. The van der Waals surface area contributed by atoms with Gasteiger partial charge in [0.1, 0.15) is 6.29 Å². The first-order valence-corrected chi connectivity index (χ1v) is 5.46. The van der Waals surface area contributed by atoms with Crippen LogP contribution in [0.15, 0.2) is 18.2 Å². The Labute approximate surface area is 99.4 Å². The van der Waals surface area contributed by atoms with Gasteiger partial charge in [0, 0.05) is 11.4 Å². The zero-order valence-corrected chi connectivity index (χ0v) is 9.79. The molecule has 0 bridgehead atoms. The molecule has 0 aromatic heterocycles. The third-order valence-corrected chi connectivity index (χ3v) is 2.33. The number of hydrogen-bond acceptors (Lipinski definition) is 3. The third-order valence-electron chi connectivity index (χ3n) is 2.09. The number of hydrogen-bond donors (Lipinski definition) is 0. The number of halogens is 1. The predicted molar refractivity (Wildman–Crippen MR) is 61.8 cm³/mol. The molecular weight excluding hydrogens is 228 g/mol. The molecule has 0 amide bonds. The largest absolute Gasteiger partial charge is 0.462 e. The van der Waals surface area contributed by atoms with Crippen molar-refractivity contribution in [3.05, 3.63) is 34.3 Å². The zero-order valence-electron chi connectivity index (χ0n) is 9.03. The summed E-state index contributed by atoms with van der Waals surface area (Å²) in [6.07, 6.45) is 1.68. The molecule has 86 valence electrons. The van der Waals surface area contributed by atoms with E-state index in [-0.39, 0.29) is 5.97 Å². The van der Waals surface area contributed by atoms with Gasteiger partial charge in [-0.15, -0.1) is 0 Å². The van der Waals surface area contributed by atoms with Crippen molar-refractivity contribution in [2.45, 2.75) is 19.8 Å². The Bertz CT molecular complexity index is 388. The van der Waals surface area contributed by atoms with Crippen LogP contribution in [0.25, 0.3) is 0 Å². The zero-order chi connectivity index (χ0) is 12.0. The predicted octanol–water partition coefficient (Wildman–Crippen LogP) is 2.65. The van der Waals surface area contributed by atoms with Crippen molar-refractivity contribution in [1.82, 2.24) is 0 Å². The minimum absolute atomic E-state index is 0.328. The number of ether oxygens (including phenoxy) is 1. The van der Waals surface area contributed by atoms with Crippen LogP contribution in [-0.2, 0) is 16.0 Å². The lowest BCUT2D eigenvalue weighted by Crippen LogP contribution is -2.08. The quantitative estimate of drug-likeness (QED) is 0.587. The maximum absolute atomic E-state index is 11.6. The molecule has 3 nitrogen and oxygen atoms in total. The van der Waals surface area contributed by atoms with Gasteiger partial charge in [0.25, 0.3) is 0 Å². The van der Waals surface area contributed by atoms with Crippen LogP contribution in [0, 0.1) is 0 Å².